The molecule has 0 aromatic heterocycles. The van der Waals surface area contributed by atoms with E-state index in [9.17, 15) is 0 Å². The molecule has 0 amide bonds. The molecule has 2 heteroatoms. The van der Waals surface area contributed by atoms with Gasteiger partial charge in [0.2, 0.25) is 0 Å². The molecule has 49 valence electrons. The maximum absolute atomic E-state index is 5.43. The quantitative estimate of drug-likeness (QED) is 0.783. The van der Waals surface area contributed by atoms with Gasteiger partial charge < -0.3 is 0 Å². The molecule has 0 radical (unpaired) electrons. The van der Waals surface area contributed by atoms with Crippen molar-refractivity contribution in [1.82, 2.24) is 0 Å². The predicted molar refractivity (Wildman–Crippen MR) is 38.8 cm³/mol. The number of hydrogen-bond acceptors (Lipinski definition) is 1. The van der Waals surface area contributed by atoms with Crippen LogP contribution >= 0.6 is 0 Å². The zero-order chi connectivity index (χ0) is 7.40. The molecule has 0 spiro atoms. The Kier molecular flexibility index (Phi) is 3.36. The van der Waals surface area contributed by atoms with Crippen molar-refractivity contribution >= 4 is 3.07 Å². The topological polar surface area (TPSA) is 26.0 Å². The van der Waals surface area contributed by atoms with Gasteiger partial charge in [0.05, 0.1) is 0 Å². The predicted octanol–water partition coefficient (Wildman–Crippen LogP) is 0.360. The van der Waals surface area contributed by atoms with Gasteiger partial charge in [0, 0.05) is 0 Å². The molecule has 0 aliphatic heterocycles. The van der Waals surface area contributed by atoms with E-state index in [2.05, 4.69) is 24.3 Å². The van der Waals surface area contributed by atoms with Gasteiger partial charge in [-0.25, -0.2) is 0 Å². The number of rotatable bonds is 2. The van der Waals surface area contributed by atoms with Gasteiger partial charge in [0.15, 0.2) is 0 Å². The molecule has 0 saturated heterocycles. The van der Waals surface area contributed by atoms with Crippen molar-refractivity contribution in [3.8, 4) is 0 Å². The van der Waals surface area contributed by atoms with Crippen molar-refractivity contribution in [3.63, 3.8) is 0 Å². The van der Waals surface area contributed by atoms with Gasteiger partial charge in [-0.1, -0.05) is 0 Å². The SMILES string of the molecule is NCCc1ccc[c]([Hg])c1. The van der Waals surface area contributed by atoms with Crippen molar-refractivity contribution in [3.05, 3.63) is 29.8 Å². The molecule has 1 aromatic carbocycles. The van der Waals surface area contributed by atoms with Crippen LogP contribution in [-0.4, -0.2) is 6.54 Å². The van der Waals surface area contributed by atoms with E-state index in [0.29, 0.717) is 0 Å². The van der Waals surface area contributed by atoms with E-state index in [1.54, 1.807) is 0 Å². The summed E-state index contributed by atoms with van der Waals surface area (Å²) in [5.74, 6) is 0. The first-order valence-corrected chi connectivity index (χ1v) is 6.19. The van der Waals surface area contributed by atoms with Crippen LogP contribution in [0.1, 0.15) is 5.56 Å². The van der Waals surface area contributed by atoms with Crippen LogP contribution in [0.3, 0.4) is 0 Å². The fourth-order valence-electron chi connectivity index (χ4n) is 0.952. The molecule has 10 heavy (non-hydrogen) atoms. The van der Waals surface area contributed by atoms with Crippen LogP contribution in [0.15, 0.2) is 24.3 Å². The average molecular weight is 321 g/mol. The Morgan fingerprint density at radius 3 is 2.80 bits per heavy atom. The molecule has 0 unspecified atom stereocenters. The van der Waals surface area contributed by atoms with E-state index in [-0.39, 0.29) is 0 Å². The molecular formula is C8H10HgN. The van der Waals surface area contributed by atoms with E-state index in [1.165, 1.54) is 8.64 Å². The summed E-state index contributed by atoms with van der Waals surface area (Å²) in [6.45, 7) is 0.761. The first-order valence-electron chi connectivity index (χ1n) is 3.44. The molecule has 1 nitrogen and oxygen atoms in total. The van der Waals surface area contributed by atoms with E-state index < -0.39 is 0 Å². The third kappa shape index (κ3) is 2.39. The summed E-state index contributed by atoms with van der Waals surface area (Å²) in [7, 11) is 0. The van der Waals surface area contributed by atoms with Gasteiger partial charge in [-0.2, -0.15) is 0 Å². The second-order valence-corrected chi connectivity index (χ2v) is 5.53. The molecular weight excluding hydrogens is 311 g/mol. The molecule has 0 atom stereocenters. The third-order valence-corrected chi connectivity index (χ3v) is 3.13. The Bertz CT molecular complexity index is 210. The zero-order valence-corrected chi connectivity index (χ0v) is 11.5. The fourth-order valence-corrected chi connectivity index (χ4v) is 2.50. The van der Waals surface area contributed by atoms with Gasteiger partial charge >= 0.3 is 77.7 Å². The summed E-state index contributed by atoms with van der Waals surface area (Å²) in [4.78, 5) is 0. The number of benzene rings is 1. The third-order valence-electron chi connectivity index (χ3n) is 1.42. The van der Waals surface area contributed by atoms with Crippen molar-refractivity contribution in [2.45, 2.75) is 6.42 Å². The minimum absolute atomic E-state index is 0.755. The molecule has 0 aliphatic carbocycles. The average Bonchev–Trinajstić information content (AvgIpc) is 1.88. The van der Waals surface area contributed by atoms with Crippen LogP contribution in [-0.2, 0) is 32.5 Å². The summed E-state index contributed by atoms with van der Waals surface area (Å²) in [5, 5.41) is 0. The minimum atomic E-state index is 0.755. The van der Waals surface area contributed by atoms with Crippen molar-refractivity contribution in [2.75, 3.05) is 6.54 Å². The van der Waals surface area contributed by atoms with Crippen molar-refractivity contribution in [1.29, 1.82) is 0 Å². The van der Waals surface area contributed by atoms with Crippen LogP contribution in [0.25, 0.3) is 0 Å². The van der Waals surface area contributed by atoms with Crippen LogP contribution in [0, 0.1) is 0 Å². The summed E-state index contributed by atoms with van der Waals surface area (Å²) >= 11 is 0.755. The monoisotopic (exact) mass is 322 g/mol. The molecule has 0 fully saturated rings. The molecule has 2 N–H and O–H groups in total. The molecule has 0 saturated carbocycles. The Morgan fingerprint density at radius 2 is 2.20 bits per heavy atom. The van der Waals surface area contributed by atoms with E-state index in [1.807, 2.05) is 0 Å². The van der Waals surface area contributed by atoms with Crippen molar-refractivity contribution in [2.24, 2.45) is 5.73 Å². The van der Waals surface area contributed by atoms with Gasteiger partial charge in [0.1, 0.15) is 0 Å². The Labute approximate surface area is 77.6 Å². The Balaban J connectivity index is 2.75. The summed E-state index contributed by atoms with van der Waals surface area (Å²) < 4.78 is 1.51. The molecule has 0 heterocycles. The van der Waals surface area contributed by atoms with Gasteiger partial charge in [-0.05, 0) is 0 Å². The number of nitrogens with two attached hydrogens (primary N) is 1. The summed E-state index contributed by atoms with van der Waals surface area (Å²) in [6, 6.07) is 8.70. The normalized spacial score (nSPS) is 9.90. The van der Waals surface area contributed by atoms with E-state index in [0.717, 1.165) is 39.1 Å². The van der Waals surface area contributed by atoms with Crippen LogP contribution in [0.4, 0.5) is 0 Å². The van der Waals surface area contributed by atoms with Gasteiger partial charge in [0.25, 0.3) is 0 Å². The number of hydrogen-bond donors (Lipinski definition) is 1. The fraction of sp³-hybridized carbons (Fsp3) is 0.250. The second-order valence-electron chi connectivity index (χ2n) is 2.36. The van der Waals surface area contributed by atoms with Crippen LogP contribution in [0.2, 0.25) is 0 Å². The molecule has 0 bridgehead atoms. The summed E-state index contributed by atoms with van der Waals surface area (Å²) in [6.07, 6.45) is 1.02. The standard InChI is InChI=1S/C8H10N.Hg/c9-7-6-8-4-2-1-3-5-8;/h1-2,4-5H,6-7,9H2;. The van der Waals surface area contributed by atoms with Crippen LogP contribution in [0.5, 0.6) is 0 Å². The first-order chi connectivity index (χ1) is 4.83. The molecule has 0 aliphatic rings. The van der Waals surface area contributed by atoms with Crippen molar-refractivity contribution < 1.29 is 26.1 Å². The Morgan fingerprint density at radius 1 is 1.40 bits per heavy atom. The van der Waals surface area contributed by atoms with Gasteiger partial charge in [-0.3, -0.25) is 0 Å². The zero-order valence-electron chi connectivity index (χ0n) is 6.01. The van der Waals surface area contributed by atoms with E-state index in [4.69, 9.17) is 5.73 Å². The summed E-state index contributed by atoms with van der Waals surface area (Å²) in [5.41, 5.74) is 6.81. The second kappa shape index (κ2) is 4.09. The van der Waals surface area contributed by atoms with E-state index >= 15 is 0 Å². The molecule has 1 rings (SSSR count). The maximum atomic E-state index is 5.43. The Hall–Kier alpha value is 0.115. The van der Waals surface area contributed by atoms with Gasteiger partial charge in [-0.15, -0.1) is 0 Å². The van der Waals surface area contributed by atoms with Crippen LogP contribution < -0.4 is 8.81 Å². The molecule has 1 aromatic rings. The first kappa shape index (κ1) is 8.21.